The third-order valence-electron chi connectivity index (χ3n) is 5.66. The highest BCUT2D eigenvalue weighted by atomic mass is 32.1. The maximum Gasteiger partial charge on any atom is 0.162 e. The molecule has 1 N–H and O–H groups in total. The van der Waals surface area contributed by atoms with Crippen molar-refractivity contribution in [3.05, 3.63) is 63.0 Å². The van der Waals surface area contributed by atoms with Crippen LogP contribution in [0, 0.1) is 18.6 Å². The molecule has 1 aliphatic heterocycles. The smallest absolute Gasteiger partial charge is 0.162 e. The van der Waals surface area contributed by atoms with Crippen molar-refractivity contribution in [2.24, 2.45) is 4.99 Å². The standard InChI is InChI=1S/C21H20F2N4OS/c1-10-20-26-25-11(2)27(20)21-16(12-6-3-4-9-15(28)19(12)29-21)18(24-10)17-13(22)7-5-8-14(17)23/h5,7-8,10,15,28H,3-4,6,9H2,1-2H3/t10-,15?/m0/s1. The van der Waals surface area contributed by atoms with Gasteiger partial charge in [-0.3, -0.25) is 9.56 Å². The van der Waals surface area contributed by atoms with E-state index in [1.807, 2.05) is 18.4 Å². The Hall–Kier alpha value is -2.45. The first kappa shape index (κ1) is 18.6. The Balaban J connectivity index is 1.88. The van der Waals surface area contributed by atoms with Crippen LogP contribution in [0.15, 0.2) is 23.2 Å². The van der Waals surface area contributed by atoms with E-state index in [9.17, 15) is 13.9 Å². The Bertz CT molecular complexity index is 1130. The van der Waals surface area contributed by atoms with Gasteiger partial charge in [-0.25, -0.2) is 8.78 Å². The molecule has 0 fully saturated rings. The van der Waals surface area contributed by atoms with E-state index in [2.05, 4.69) is 10.2 Å². The number of aromatic nitrogens is 3. The highest BCUT2D eigenvalue weighted by molar-refractivity contribution is 7.15. The molecule has 3 aromatic rings. The third kappa shape index (κ3) is 2.77. The van der Waals surface area contributed by atoms with Gasteiger partial charge in [0.1, 0.15) is 28.5 Å². The quantitative estimate of drug-likeness (QED) is 0.593. The van der Waals surface area contributed by atoms with Crippen LogP contribution in [-0.2, 0) is 6.42 Å². The molecule has 2 aliphatic rings. The predicted octanol–water partition coefficient (Wildman–Crippen LogP) is 4.59. The van der Waals surface area contributed by atoms with Crippen LogP contribution >= 0.6 is 11.3 Å². The number of aliphatic hydroxyl groups is 1. The van der Waals surface area contributed by atoms with E-state index >= 15 is 0 Å². The average Bonchev–Trinajstić information content (AvgIpc) is 3.15. The zero-order chi connectivity index (χ0) is 20.3. The summed E-state index contributed by atoms with van der Waals surface area (Å²) in [5.41, 5.74) is 1.80. The van der Waals surface area contributed by atoms with E-state index in [1.165, 1.54) is 29.5 Å². The lowest BCUT2D eigenvalue weighted by Crippen LogP contribution is -2.13. The van der Waals surface area contributed by atoms with E-state index in [4.69, 9.17) is 4.99 Å². The Morgan fingerprint density at radius 3 is 2.66 bits per heavy atom. The minimum absolute atomic E-state index is 0.128. The molecular formula is C21H20F2N4OS. The number of rotatable bonds is 1. The molecule has 8 heteroatoms. The van der Waals surface area contributed by atoms with Gasteiger partial charge in [0.05, 0.1) is 17.4 Å². The fourth-order valence-electron chi connectivity index (χ4n) is 4.29. The summed E-state index contributed by atoms with van der Waals surface area (Å²) in [5.74, 6) is 0.0154. The minimum atomic E-state index is -0.648. The van der Waals surface area contributed by atoms with Crippen LogP contribution in [0.2, 0.25) is 0 Å². The SMILES string of the molecule is Cc1nnc2n1-c1sc3c(c1C(c1c(F)cccc1F)=N[C@H]2C)CCCCC3O. The van der Waals surface area contributed by atoms with Crippen molar-refractivity contribution >= 4 is 17.0 Å². The van der Waals surface area contributed by atoms with Crippen molar-refractivity contribution in [3.8, 4) is 5.00 Å². The van der Waals surface area contributed by atoms with Crippen LogP contribution in [0.5, 0.6) is 0 Å². The van der Waals surface area contributed by atoms with Crippen LogP contribution < -0.4 is 0 Å². The molecule has 1 aliphatic carbocycles. The predicted molar refractivity (Wildman–Crippen MR) is 107 cm³/mol. The molecule has 3 heterocycles. The largest absolute Gasteiger partial charge is 0.388 e. The Labute approximate surface area is 170 Å². The molecule has 1 aromatic carbocycles. The molecule has 0 amide bonds. The number of aryl methyl sites for hydroxylation is 1. The number of fused-ring (bicyclic) bond motifs is 5. The lowest BCUT2D eigenvalue weighted by Gasteiger charge is -2.13. The molecule has 5 nitrogen and oxygen atoms in total. The number of thiophene rings is 1. The molecular weight excluding hydrogens is 394 g/mol. The molecule has 2 atom stereocenters. The fraction of sp³-hybridized carbons (Fsp3) is 0.381. The number of halogens is 2. The van der Waals surface area contributed by atoms with Gasteiger partial charge in [0.15, 0.2) is 5.82 Å². The second-order valence-corrected chi connectivity index (χ2v) is 8.61. The maximum absolute atomic E-state index is 14.8. The summed E-state index contributed by atoms with van der Waals surface area (Å²) < 4.78 is 31.6. The zero-order valence-corrected chi connectivity index (χ0v) is 16.9. The monoisotopic (exact) mass is 414 g/mol. The molecule has 5 rings (SSSR count). The summed E-state index contributed by atoms with van der Waals surface area (Å²) in [6.45, 7) is 3.70. The van der Waals surface area contributed by atoms with Gasteiger partial charge in [0.25, 0.3) is 0 Å². The third-order valence-corrected chi connectivity index (χ3v) is 6.98. The number of aliphatic imine (C=N–C) groups is 1. The van der Waals surface area contributed by atoms with Crippen molar-refractivity contribution in [2.45, 2.75) is 51.7 Å². The Morgan fingerprint density at radius 2 is 1.90 bits per heavy atom. The van der Waals surface area contributed by atoms with Crippen molar-refractivity contribution in [1.82, 2.24) is 14.8 Å². The van der Waals surface area contributed by atoms with E-state index in [1.54, 1.807) is 0 Å². The van der Waals surface area contributed by atoms with E-state index in [-0.39, 0.29) is 5.56 Å². The second kappa shape index (κ2) is 6.81. The maximum atomic E-state index is 14.8. The molecule has 150 valence electrons. The summed E-state index contributed by atoms with van der Waals surface area (Å²) in [6, 6.07) is 3.44. The molecule has 0 bridgehead atoms. The van der Waals surface area contributed by atoms with E-state index < -0.39 is 23.8 Å². The first-order valence-electron chi connectivity index (χ1n) is 9.75. The summed E-state index contributed by atoms with van der Waals surface area (Å²) in [4.78, 5) is 5.59. The van der Waals surface area contributed by atoms with Crippen LogP contribution in [0.25, 0.3) is 5.00 Å². The van der Waals surface area contributed by atoms with Gasteiger partial charge in [0.2, 0.25) is 0 Å². The molecule has 29 heavy (non-hydrogen) atoms. The summed E-state index contributed by atoms with van der Waals surface area (Å²) in [7, 11) is 0. The normalized spacial score (nSPS) is 20.9. The van der Waals surface area contributed by atoms with Crippen LogP contribution in [0.1, 0.15) is 71.5 Å². The minimum Gasteiger partial charge on any atom is -0.388 e. The first-order chi connectivity index (χ1) is 14.0. The Kier molecular flexibility index (Phi) is 4.36. The van der Waals surface area contributed by atoms with Crippen molar-refractivity contribution in [1.29, 1.82) is 0 Å². The van der Waals surface area contributed by atoms with Crippen LogP contribution in [-0.4, -0.2) is 25.6 Å². The lowest BCUT2D eigenvalue weighted by molar-refractivity contribution is 0.170. The number of hydrogen-bond donors (Lipinski definition) is 1. The van der Waals surface area contributed by atoms with E-state index in [0.29, 0.717) is 29.3 Å². The fourth-order valence-corrected chi connectivity index (χ4v) is 5.72. The van der Waals surface area contributed by atoms with Gasteiger partial charge in [0, 0.05) is 10.4 Å². The van der Waals surface area contributed by atoms with Gasteiger partial charge in [-0.05, 0) is 50.8 Å². The summed E-state index contributed by atoms with van der Waals surface area (Å²) in [5, 5.41) is 20.0. The molecule has 0 radical (unpaired) electrons. The van der Waals surface area contributed by atoms with E-state index in [0.717, 1.165) is 34.7 Å². The molecule has 0 saturated heterocycles. The Morgan fingerprint density at radius 1 is 1.14 bits per heavy atom. The second-order valence-electron chi connectivity index (χ2n) is 7.58. The van der Waals surface area contributed by atoms with Crippen LogP contribution in [0.3, 0.4) is 0 Å². The number of benzene rings is 1. The number of aliphatic hydroxyl groups excluding tert-OH is 1. The van der Waals surface area contributed by atoms with Gasteiger partial charge >= 0.3 is 0 Å². The topological polar surface area (TPSA) is 63.3 Å². The van der Waals surface area contributed by atoms with Crippen molar-refractivity contribution in [2.75, 3.05) is 0 Å². The lowest BCUT2D eigenvalue weighted by atomic mass is 9.95. The van der Waals surface area contributed by atoms with Gasteiger partial charge < -0.3 is 5.11 Å². The van der Waals surface area contributed by atoms with Gasteiger partial charge in [-0.15, -0.1) is 21.5 Å². The highest BCUT2D eigenvalue weighted by Crippen LogP contribution is 2.44. The average molecular weight is 414 g/mol. The summed E-state index contributed by atoms with van der Waals surface area (Å²) in [6.07, 6.45) is 2.64. The number of hydrogen-bond acceptors (Lipinski definition) is 5. The van der Waals surface area contributed by atoms with Crippen LogP contribution in [0.4, 0.5) is 8.78 Å². The molecule has 2 aromatic heterocycles. The molecule has 1 unspecified atom stereocenters. The molecule has 0 saturated carbocycles. The summed E-state index contributed by atoms with van der Waals surface area (Å²) >= 11 is 1.45. The van der Waals surface area contributed by atoms with Crippen molar-refractivity contribution in [3.63, 3.8) is 0 Å². The van der Waals surface area contributed by atoms with Gasteiger partial charge in [-0.1, -0.05) is 12.5 Å². The van der Waals surface area contributed by atoms with Crippen molar-refractivity contribution < 1.29 is 13.9 Å². The van der Waals surface area contributed by atoms with Gasteiger partial charge in [-0.2, -0.15) is 0 Å². The first-order valence-corrected chi connectivity index (χ1v) is 10.6. The highest BCUT2D eigenvalue weighted by Gasteiger charge is 2.35. The number of nitrogens with zero attached hydrogens (tertiary/aromatic N) is 4. The molecule has 0 spiro atoms. The zero-order valence-electron chi connectivity index (χ0n) is 16.1.